The van der Waals surface area contributed by atoms with Crippen molar-refractivity contribution in [1.82, 2.24) is 9.80 Å². The average molecular weight is 332 g/mol. The minimum Gasteiger partial charge on any atom is -0.481 e. The Morgan fingerprint density at radius 1 is 1.21 bits per heavy atom. The highest BCUT2D eigenvalue weighted by Gasteiger charge is 2.31. The van der Waals surface area contributed by atoms with Crippen LogP contribution in [0.3, 0.4) is 0 Å². The van der Waals surface area contributed by atoms with Crippen LogP contribution in [-0.2, 0) is 16.0 Å². The summed E-state index contributed by atoms with van der Waals surface area (Å²) >= 11 is 0. The van der Waals surface area contributed by atoms with Gasteiger partial charge in [-0.2, -0.15) is 0 Å². The maximum Gasteiger partial charge on any atom is 0.308 e. The lowest BCUT2D eigenvalue weighted by Crippen LogP contribution is -2.43. The molecule has 1 aliphatic heterocycles. The van der Waals surface area contributed by atoms with E-state index in [0.29, 0.717) is 32.4 Å². The molecule has 5 heteroatoms. The zero-order valence-electron chi connectivity index (χ0n) is 14.9. The lowest BCUT2D eigenvalue weighted by molar-refractivity contribution is -0.143. The predicted octanol–water partition coefficient (Wildman–Crippen LogP) is 2.18. The molecule has 0 spiro atoms. The Labute approximate surface area is 144 Å². The number of carbonyl (C=O) groups is 2. The zero-order chi connectivity index (χ0) is 17.7. The smallest absolute Gasteiger partial charge is 0.308 e. The molecule has 1 aliphatic rings. The van der Waals surface area contributed by atoms with Gasteiger partial charge >= 0.3 is 5.97 Å². The van der Waals surface area contributed by atoms with Gasteiger partial charge in [0.2, 0.25) is 5.91 Å². The van der Waals surface area contributed by atoms with E-state index in [1.165, 1.54) is 11.1 Å². The molecule has 0 aromatic heterocycles. The summed E-state index contributed by atoms with van der Waals surface area (Å²) in [5.74, 6) is -1.21. The van der Waals surface area contributed by atoms with Crippen LogP contribution >= 0.6 is 0 Å². The number of amides is 1. The second-order valence-electron chi connectivity index (χ2n) is 6.96. The van der Waals surface area contributed by atoms with Crippen molar-refractivity contribution in [3.8, 4) is 0 Å². The largest absolute Gasteiger partial charge is 0.481 e. The Hall–Kier alpha value is -1.88. The van der Waals surface area contributed by atoms with E-state index in [1.54, 1.807) is 4.90 Å². The summed E-state index contributed by atoms with van der Waals surface area (Å²) in [6.45, 7) is 2.99. The molecule has 1 heterocycles. The van der Waals surface area contributed by atoms with Crippen LogP contribution in [0.25, 0.3) is 0 Å². The molecule has 1 saturated heterocycles. The van der Waals surface area contributed by atoms with E-state index in [2.05, 4.69) is 4.90 Å². The minimum atomic E-state index is -0.800. The molecule has 1 amide bonds. The lowest BCUT2D eigenvalue weighted by atomic mass is 10.0. The first-order valence-electron chi connectivity index (χ1n) is 8.60. The first-order valence-corrected chi connectivity index (χ1v) is 8.60. The zero-order valence-corrected chi connectivity index (χ0v) is 14.9. The van der Waals surface area contributed by atoms with Gasteiger partial charge in [-0.1, -0.05) is 24.3 Å². The maximum atomic E-state index is 12.7. The highest BCUT2D eigenvalue weighted by atomic mass is 16.4. The van der Waals surface area contributed by atoms with Gasteiger partial charge in [0.1, 0.15) is 0 Å². The second-order valence-corrected chi connectivity index (χ2v) is 6.96. The minimum absolute atomic E-state index is 0.0539. The molecule has 132 valence electrons. The number of rotatable bonds is 5. The lowest BCUT2D eigenvalue weighted by Gasteiger charge is -2.29. The summed E-state index contributed by atoms with van der Waals surface area (Å²) in [4.78, 5) is 28.0. The Balaban J connectivity index is 2.03. The van der Waals surface area contributed by atoms with Crippen molar-refractivity contribution in [2.24, 2.45) is 5.92 Å². The van der Waals surface area contributed by atoms with Crippen LogP contribution in [0.4, 0.5) is 0 Å². The van der Waals surface area contributed by atoms with Crippen molar-refractivity contribution in [2.45, 2.75) is 38.6 Å². The molecular formula is C19H28N2O3. The summed E-state index contributed by atoms with van der Waals surface area (Å²) in [5.41, 5.74) is 2.37. The van der Waals surface area contributed by atoms with Crippen molar-refractivity contribution >= 4 is 11.9 Å². The summed E-state index contributed by atoms with van der Waals surface area (Å²) in [6.07, 6.45) is 2.56. The number of carbonyl (C=O) groups excluding carboxylic acids is 1. The molecule has 0 saturated carbocycles. The fraction of sp³-hybridized carbons (Fsp3) is 0.579. The number of carboxylic acids is 1. The molecule has 5 nitrogen and oxygen atoms in total. The van der Waals surface area contributed by atoms with Gasteiger partial charge in [0.05, 0.1) is 5.92 Å². The second kappa shape index (κ2) is 8.29. The first-order chi connectivity index (χ1) is 11.4. The van der Waals surface area contributed by atoms with Crippen LogP contribution < -0.4 is 0 Å². The van der Waals surface area contributed by atoms with Crippen molar-refractivity contribution in [2.75, 3.05) is 27.2 Å². The molecule has 1 N–H and O–H groups in total. The molecule has 1 fully saturated rings. The summed E-state index contributed by atoms with van der Waals surface area (Å²) in [6, 6.07) is 8.30. The quantitative estimate of drug-likeness (QED) is 0.898. The third kappa shape index (κ3) is 4.81. The monoisotopic (exact) mass is 332 g/mol. The number of aryl methyl sites for hydroxylation is 2. The van der Waals surface area contributed by atoms with E-state index in [1.807, 2.05) is 45.3 Å². The van der Waals surface area contributed by atoms with Gasteiger partial charge in [0.15, 0.2) is 0 Å². The Bertz CT molecular complexity index is 586. The average Bonchev–Trinajstić information content (AvgIpc) is 2.77. The molecule has 0 aliphatic carbocycles. The summed E-state index contributed by atoms with van der Waals surface area (Å²) in [5, 5.41) is 9.38. The van der Waals surface area contributed by atoms with Gasteiger partial charge in [0.25, 0.3) is 0 Å². The van der Waals surface area contributed by atoms with Crippen molar-refractivity contribution in [3.63, 3.8) is 0 Å². The summed E-state index contributed by atoms with van der Waals surface area (Å²) < 4.78 is 0. The Morgan fingerprint density at radius 2 is 1.92 bits per heavy atom. The number of hydrogen-bond acceptors (Lipinski definition) is 3. The van der Waals surface area contributed by atoms with Gasteiger partial charge in [0, 0.05) is 25.6 Å². The van der Waals surface area contributed by atoms with Crippen LogP contribution in [0.2, 0.25) is 0 Å². The fourth-order valence-corrected chi connectivity index (χ4v) is 3.29. The molecule has 0 unspecified atom stereocenters. The Morgan fingerprint density at radius 3 is 2.54 bits per heavy atom. The van der Waals surface area contributed by atoms with Crippen molar-refractivity contribution in [1.29, 1.82) is 0 Å². The predicted molar refractivity (Wildman–Crippen MR) is 93.9 cm³/mol. The number of nitrogens with zero attached hydrogens (tertiary/aromatic N) is 2. The van der Waals surface area contributed by atoms with E-state index >= 15 is 0 Å². The van der Waals surface area contributed by atoms with Gasteiger partial charge < -0.3 is 14.9 Å². The molecule has 0 bridgehead atoms. The normalized spacial score (nSPS) is 21.6. The number of likely N-dealkylation sites (N-methyl/N-ethyl adjacent to an activating group) is 1. The van der Waals surface area contributed by atoms with Crippen molar-refractivity contribution in [3.05, 3.63) is 35.4 Å². The van der Waals surface area contributed by atoms with Gasteiger partial charge in [-0.25, -0.2) is 0 Å². The van der Waals surface area contributed by atoms with Crippen LogP contribution in [0, 0.1) is 12.8 Å². The number of likely N-dealkylation sites (tertiary alicyclic amines) is 1. The molecule has 0 radical (unpaired) electrons. The van der Waals surface area contributed by atoms with Crippen LogP contribution in [0.5, 0.6) is 0 Å². The first kappa shape index (κ1) is 18.5. The van der Waals surface area contributed by atoms with Gasteiger partial charge in [-0.15, -0.1) is 0 Å². The topological polar surface area (TPSA) is 60.9 Å². The van der Waals surface area contributed by atoms with Crippen LogP contribution in [0.1, 0.15) is 30.4 Å². The fourth-order valence-electron chi connectivity index (χ4n) is 3.29. The summed E-state index contributed by atoms with van der Waals surface area (Å²) in [7, 11) is 3.98. The number of aliphatic carboxylic acids is 1. The number of carboxylic acid groups (broad SMARTS) is 1. The third-order valence-corrected chi connectivity index (χ3v) is 5.02. The molecule has 1 aromatic rings. The van der Waals surface area contributed by atoms with Gasteiger partial charge in [-0.05, 0) is 51.4 Å². The standard InChI is InChI=1S/C19H28N2O3/c1-14-6-4-5-7-15(14)9-11-18(22)21-12-16(19(23)24)8-10-17(13-21)20(2)3/h4-7,16-17H,8-13H2,1-3H3,(H,23,24)/t16-,17+/m0/s1. The van der Waals surface area contributed by atoms with Crippen LogP contribution in [0.15, 0.2) is 24.3 Å². The maximum absolute atomic E-state index is 12.7. The van der Waals surface area contributed by atoms with E-state index < -0.39 is 11.9 Å². The molecule has 24 heavy (non-hydrogen) atoms. The van der Waals surface area contributed by atoms with Crippen molar-refractivity contribution < 1.29 is 14.7 Å². The highest BCUT2D eigenvalue weighted by Crippen LogP contribution is 2.21. The van der Waals surface area contributed by atoms with Gasteiger partial charge in [-0.3, -0.25) is 9.59 Å². The van der Waals surface area contributed by atoms with E-state index in [9.17, 15) is 14.7 Å². The number of benzene rings is 1. The van der Waals surface area contributed by atoms with E-state index in [4.69, 9.17) is 0 Å². The third-order valence-electron chi connectivity index (χ3n) is 5.02. The van der Waals surface area contributed by atoms with E-state index in [0.717, 1.165) is 6.42 Å². The Kier molecular flexibility index (Phi) is 6.37. The molecule has 1 aromatic carbocycles. The van der Waals surface area contributed by atoms with E-state index in [-0.39, 0.29) is 11.9 Å². The molecular weight excluding hydrogens is 304 g/mol. The molecule has 2 rings (SSSR count). The number of hydrogen-bond donors (Lipinski definition) is 1. The SMILES string of the molecule is Cc1ccccc1CCC(=O)N1C[C@@H](C(=O)O)CC[C@@H](N(C)C)C1. The molecule has 2 atom stereocenters. The highest BCUT2D eigenvalue weighted by molar-refractivity contribution is 5.78. The van der Waals surface area contributed by atoms with Crippen LogP contribution in [-0.4, -0.2) is 60.0 Å².